The molecule has 1 N–H and O–H groups in total. The molecule has 4 rings (SSSR count). The topological polar surface area (TPSA) is 98.9 Å². The van der Waals surface area contributed by atoms with E-state index >= 15 is 0 Å². The summed E-state index contributed by atoms with van der Waals surface area (Å²) in [4.78, 5) is 30.3. The Kier molecular flexibility index (Phi) is 5.46. The Morgan fingerprint density at radius 1 is 1.25 bits per heavy atom. The minimum atomic E-state index is -2.22. The lowest BCUT2D eigenvalue weighted by atomic mass is 9.68. The van der Waals surface area contributed by atoms with Crippen molar-refractivity contribution >= 4 is 14.1 Å². The molecular weight excluding hydrogens is 426 g/mol. The molecule has 1 fully saturated rings. The van der Waals surface area contributed by atoms with E-state index in [1.165, 1.54) is 0 Å². The van der Waals surface area contributed by atoms with Gasteiger partial charge in [-0.05, 0) is 43.6 Å². The summed E-state index contributed by atoms with van der Waals surface area (Å²) in [6.07, 6.45) is 2.61. The van der Waals surface area contributed by atoms with Crippen LogP contribution in [0.1, 0.15) is 50.9 Å². The lowest BCUT2D eigenvalue weighted by Gasteiger charge is -2.52. The molecule has 0 bridgehead atoms. The fourth-order valence-electron chi connectivity index (χ4n) is 4.35. The van der Waals surface area contributed by atoms with Gasteiger partial charge in [-0.3, -0.25) is 9.78 Å². The number of Topliss-reactive ketones (excluding diaryl/α,β-unsaturated/α-hetero) is 1. The maximum Gasteiger partial charge on any atom is 0.351 e. The minimum absolute atomic E-state index is 0.0492. The van der Waals surface area contributed by atoms with Gasteiger partial charge < -0.3 is 18.7 Å². The van der Waals surface area contributed by atoms with E-state index in [-0.39, 0.29) is 34.3 Å². The normalized spacial score (nSPS) is 28.0. The van der Waals surface area contributed by atoms with Crippen LogP contribution in [-0.2, 0) is 4.43 Å². The standard InChI is InChI=1S/C24H31NO6Si/c1-23(2,3)32(5,6)31-19-11-15(26)10-16-21(27)20-18(30-24(16,19)4)12-17(29-22(20)28)14-8-7-9-25-13-14/h7-9,12-13,15-16,19,26H,10-11H2,1-6H3/t15-,16?,19?,24-/m1/s1. The Morgan fingerprint density at radius 3 is 2.59 bits per heavy atom. The number of aromatic nitrogens is 1. The van der Waals surface area contributed by atoms with Crippen molar-refractivity contribution in [2.24, 2.45) is 5.92 Å². The summed E-state index contributed by atoms with van der Waals surface area (Å²) in [6.45, 7) is 12.6. The quantitative estimate of drug-likeness (QED) is 0.690. The van der Waals surface area contributed by atoms with Crippen molar-refractivity contribution in [3.63, 3.8) is 0 Å². The molecule has 8 heteroatoms. The Bertz CT molecular complexity index is 1090. The second-order valence-electron chi connectivity index (χ2n) is 10.6. The first kappa shape index (κ1) is 22.9. The van der Waals surface area contributed by atoms with E-state index < -0.39 is 37.7 Å². The molecule has 0 spiro atoms. The molecule has 2 aromatic heterocycles. The van der Waals surface area contributed by atoms with E-state index in [9.17, 15) is 14.7 Å². The molecule has 2 aliphatic rings. The first-order chi connectivity index (χ1) is 14.8. The molecule has 1 saturated carbocycles. The van der Waals surface area contributed by atoms with Crippen LogP contribution < -0.4 is 10.4 Å². The Morgan fingerprint density at radius 2 is 1.97 bits per heavy atom. The van der Waals surface area contributed by atoms with Gasteiger partial charge in [0.05, 0.1) is 18.1 Å². The van der Waals surface area contributed by atoms with Gasteiger partial charge in [0, 0.05) is 30.4 Å². The van der Waals surface area contributed by atoms with Crippen molar-refractivity contribution < 1.29 is 23.5 Å². The van der Waals surface area contributed by atoms with Crippen LogP contribution in [0.25, 0.3) is 11.3 Å². The summed E-state index contributed by atoms with van der Waals surface area (Å²) >= 11 is 0. The van der Waals surface area contributed by atoms with Crippen LogP contribution in [0.3, 0.4) is 0 Å². The summed E-state index contributed by atoms with van der Waals surface area (Å²) in [5.41, 5.74) is -1.22. The Balaban J connectivity index is 1.79. The zero-order valence-corrected chi connectivity index (χ0v) is 20.5. The zero-order valence-electron chi connectivity index (χ0n) is 19.5. The lowest BCUT2D eigenvalue weighted by molar-refractivity contribution is -0.121. The van der Waals surface area contributed by atoms with Gasteiger partial charge in [0.25, 0.3) is 0 Å². The van der Waals surface area contributed by atoms with Crippen LogP contribution >= 0.6 is 0 Å². The summed E-state index contributed by atoms with van der Waals surface area (Å²) in [5, 5.41) is 10.5. The highest BCUT2D eigenvalue weighted by atomic mass is 28.4. The molecule has 0 aromatic carbocycles. The molecule has 1 aliphatic carbocycles. The number of carbonyl (C=O) groups is 1. The minimum Gasteiger partial charge on any atom is -0.483 e. The molecule has 2 unspecified atom stereocenters. The fraction of sp³-hybridized carbons (Fsp3) is 0.542. The molecule has 0 radical (unpaired) electrons. The summed E-state index contributed by atoms with van der Waals surface area (Å²) < 4.78 is 18.6. The van der Waals surface area contributed by atoms with Crippen LogP contribution in [0.4, 0.5) is 0 Å². The van der Waals surface area contributed by atoms with Gasteiger partial charge in [-0.25, -0.2) is 4.79 Å². The number of ether oxygens (including phenoxy) is 1. The second-order valence-corrected chi connectivity index (χ2v) is 15.3. The number of hydrogen-bond acceptors (Lipinski definition) is 7. The van der Waals surface area contributed by atoms with Crippen LogP contribution in [0.2, 0.25) is 18.1 Å². The van der Waals surface area contributed by atoms with Crippen LogP contribution in [-0.4, -0.2) is 42.0 Å². The molecule has 4 atom stereocenters. The van der Waals surface area contributed by atoms with Gasteiger partial charge >= 0.3 is 5.63 Å². The van der Waals surface area contributed by atoms with E-state index in [2.05, 4.69) is 38.8 Å². The number of fused-ring (bicyclic) bond motifs is 2. The predicted molar refractivity (Wildman–Crippen MR) is 122 cm³/mol. The van der Waals surface area contributed by atoms with Gasteiger partial charge in [0.1, 0.15) is 22.7 Å². The van der Waals surface area contributed by atoms with E-state index in [0.717, 1.165) is 0 Å². The predicted octanol–water partition coefficient (Wildman–Crippen LogP) is 4.20. The van der Waals surface area contributed by atoms with Gasteiger partial charge in [0.15, 0.2) is 14.1 Å². The summed E-state index contributed by atoms with van der Waals surface area (Å²) in [6, 6.07) is 5.10. The molecule has 32 heavy (non-hydrogen) atoms. The number of carbonyl (C=O) groups excluding carboxylic acids is 1. The van der Waals surface area contributed by atoms with E-state index in [1.807, 2.05) is 6.92 Å². The third-order valence-electron chi connectivity index (χ3n) is 7.32. The molecule has 0 amide bonds. The van der Waals surface area contributed by atoms with Crippen molar-refractivity contribution in [3.05, 3.63) is 46.6 Å². The van der Waals surface area contributed by atoms with Crippen LogP contribution in [0.5, 0.6) is 5.75 Å². The number of aliphatic hydroxyl groups excluding tert-OH is 1. The van der Waals surface area contributed by atoms with Gasteiger partial charge in [0.2, 0.25) is 0 Å². The SMILES string of the molecule is CC(C)(C)[Si](C)(C)OC1C[C@H](O)CC2C(=O)c3c(cc(-c4cccnc4)oc3=O)O[C@@]12C. The summed E-state index contributed by atoms with van der Waals surface area (Å²) in [5.74, 6) is -0.568. The highest BCUT2D eigenvalue weighted by Gasteiger charge is 2.58. The molecule has 1 aliphatic heterocycles. The van der Waals surface area contributed by atoms with Gasteiger partial charge in [-0.2, -0.15) is 0 Å². The third kappa shape index (κ3) is 3.74. The van der Waals surface area contributed by atoms with E-state index in [0.29, 0.717) is 12.0 Å². The van der Waals surface area contributed by atoms with Gasteiger partial charge in [-0.1, -0.05) is 20.8 Å². The number of rotatable bonds is 3. The largest absolute Gasteiger partial charge is 0.483 e. The average Bonchev–Trinajstić information content (AvgIpc) is 2.69. The number of hydrogen-bond donors (Lipinski definition) is 1. The van der Waals surface area contributed by atoms with Crippen molar-refractivity contribution in [1.82, 2.24) is 4.98 Å². The average molecular weight is 458 g/mol. The molecule has 3 heterocycles. The van der Waals surface area contributed by atoms with E-state index in [4.69, 9.17) is 13.6 Å². The maximum absolute atomic E-state index is 13.5. The van der Waals surface area contributed by atoms with Crippen molar-refractivity contribution in [2.75, 3.05) is 0 Å². The molecule has 2 aromatic rings. The van der Waals surface area contributed by atoms with Crippen LogP contribution in [0, 0.1) is 5.92 Å². The number of aliphatic hydroxyl groups is 1. The fourth-order valence-corrected chi connectivity index (χ4v) is 5.74. The molecule has 0 saturated heterocycles. The first-order valence-corrected chi connectivity index (χ1v) is 13.9. The van der Waals surface area contributed by atoms with Gasteiger partial charge in [-0.15, -0.1) is 0 Å². The number of nitrogens with zero attached hydrogens (tertiary/aromatic N) is 1. The van der Waals surface area contributed by atoms with E-state index in [1.54, 1.807) is 30.6 Å². The third-order valence-corrected chi connectivity index (χ3v) is 11.8. The zero-order chi connectivity index (χ0) is 23.5. The maximum atomic E-state index is 13.5. The smallest absolute Gasteiger partial charge is 0.351 e. The Hall–Kier alpha value is -2.29. The molecular formula is C24H31NO6Si. The Labute approximate surface area is 188 Å². The highest BCUT2D eigenvalue weighted by Crippen LogP contribution is 2.48. The lowest BCUT2D eigenvalue weighted by Crippen LogP contribution is -2.64. The number of pyridine rings is 1. The van der Waals surface area contributed by atoms with Crippen molar-refractivity contribution in [2.45, 2.75) is 76.5 Å². The van der Waals surface area contributed by atoms with Crippen LogP contribution in [0.15, 0.2) is 39.8 Å². The first-order valence-electron chi connectivity index (χ1n) is 11.0. The highest BCUT2D eigenvalue weighted by molar-refractivity contribution is 6.74. The second kappa shape index (κ2) is 7.64. The molecule has 172 valence electrons. The number of ketones is 1. The van der Waals surface area contributed by atoms with Crippen molar-refractivity contribution in [3.8, 4) is 17.1 Å². The monoisotopic (exact) mass is 457 g/mol. The van der Waals surface area contributed by atoms with Crippen molar-refractivity contribution in [1.29, 1.82) is 0 Å². The summed E-state index contributed by atoms with van der Waals surface area (Å²) in [7, 11) is -2.22. The molecule has 7 nitrogen and oxygen atoms in total.